The molecular weight excluding hydrogens is 649 g/mol. The molecule has 1 saturated heterocycles. The Balaban J connectivity index is 0. The number of nitrogens with zero attached hydrogens (tertiary/aromatic N) is 2. The largest absolute Gasteiger partial charge is 0.789 e. The molecule has 1 radical (unpaired) electrons. The van der Waals surface area contributed by atoms with E-state index in [0.717, 1.165) is 17.6 Å². The zero-order valence-electron chi connectivity index (χ0n) is 28.5. The average molecular weight is 712 g/mol. The molecule has 44 heavy (non-hydrogen) atoms. The maximum Gasteiger partial charge on any atom is 0.0876 e. The molecule has 0 aromatic heterocycles. The third-order valence-corrected chi connectivity index (χ3v) is 10.1. The molecule has 2 fully saturated rings. The number of aryl methyl sites for hydroxylation is 1. The normalized spacial score (nSPS) is 24.2. The fraction of sp³-hybridized carbons (Fsp3) is 0.538. The van der Waals surface area contributed by atoms with Gasteiger partial charge in [-0.2, -0.15) is 12.0 Å². The van der Waals surface area contributed by atoms with Gasteiger partial charge in [-0.1, -0.05) is 77.6 Å². The van der Waals surface area contributed by atoms with Gasteiger partial charge < -0.3 is 22.8 Å². The molecule has 5 heteroatoms. The second kappa shape index (κ2) is 24.3. The van der Waals surface area contributed by atoms with Crippen molar-refractivity contribution in [3.63, 3.8) is 0 Å². The van der Waals surface area contributed by atoms with Gasteiger partial charge in [-0.05, 0) is 87.0 Å². The van der Waals surface area contributed by atoms with Gasteiger partial charge in [0, 0.05) is 61.7 Å². The van der Waals surface area contributed by atoms with Gasteiger partial charge in [-0.25, -0.2) is 0 Å². The molecule has 2 heterocycles. The van der Waals surface area contributed by atoms with E-state index in [4.69, 9.17) is 12.6 Å². The molecule has 2 nitrogen and oxygen atoms in total. The third-order valence-electron chi connectivity index (χ3n) is 8.43. The van der Waals surface area contributed by atoms with Crippen molar-refractivity contribution in [3.8, 4) is 0 Å². The van der Waals surface area contributed by atoms with Crippen LogP contribution in [-0.4, -0.2) is 28.8 Å². The minimum atomic E-state index is 0. The first-order valence-corrected chi connectivity index (χ1v) is 17.3. The van der Waals surface area contributed by atoms with Crippen LogP contribution < -0.4 is 0 Å². The van der Waals surface area contributed by atoms with Gasteiger partial charge in [0.25, 0.3) is 0 Å². The molecule has 5 unspecified atom stereocenters. The van der Waals surface area contributed by atoms with Crippen LogP contribution in [0, 0.1) is 24.7 Å². The standard InChI is InChI=1S/C19H26.C12H17NS2.C3H6N.C2H6.C2H4.CH4.Y/c1-13-5-4-6-17(9-13)19-8-7-16(10-15(19)3)12-18-11-14(18)2;1-8-9(2)13-10(3)11(5-4-6-14)7-15-12(8)13;1-3-4-2;2*1-2;;/h7-10,14,17-18H,4-6,11-12H2,1-3H3;4-5,8,12,14H,2,6-7H2,1,3H3;3H,1H2,2H3;1-2H3;1-2H2;1H4;/q;;-1;;;;/p-1/b;5-4+;;;;;. The summed E-state index contributed by atoms with van der Waals surface area (Å²) in [5.41, 5.74) is 10.2. The Kier molecular flexibility index (Phi) is 24.9. The molecule has 1 saturated carbocycles. The second-order valence-electron chi connectivity index (χ2n) is 11.4. The van der Waals surface area contributed by atoms with E-state index >= 15 is 0 Å². The SMILES string of the molecule is C.C=C.C=C1C(C)C2SCC(/C=C/C[S-])=C(C)N12.C=C[N-]C.CC.CC1=CC(c2ccc(CC3CC3C)cc2C)CCC1.[Y]. The molecule has 4 aliphatic rings. The van der Waals surface area contributed by atoms with Gasteiger partial charge in [-0.3, -0.25) is 0 Å². The van der Waals surface area contributed by atoms with E-state index in [1.165, 1.54) is 60.8 Å². The number of hydrogen-bond donors (Lipinski definition) is 0. The van der Waals surface area contributed by atoms with Gasteiger partial charge in [0.1, 0.15) is 0 Å². The number of hydrogen-bond acceptors (Lipinski definition) is 3. The van der Waals surface area contributed by atoms with Gasteiger partial charge >= 0.3 is 0 Å². The van der Waals surface area contributed by atoms with Crippen molar-refractivity contribution >= 4 is 24.4 Å². The predicted molar refractivity (Wildman–Crippen MR) is 202 cm³/mol. The molecular formula is C39H62N2S2Y-2. The third kappa shape index (κ3) is 13.4. The molecule has 1 aromatic carbocycles. The zero-order chi connectivity index (χ0) is 31.8. The van der Waals surface area contributed by atoms with Crippen LogP contribution in [0.4, 0.5) is 0 Å². The van der Waals surface area contributed by atoms with Gasteiger partial charge in [-0.15, -0.1) is 44.6 Å². The van der Waals surface area contributed by atoms with Crippen molar-refractivity contribution < 1.29 is 32.7 Å². The Morgan fingerprint density at radius 3 is 2.25 bits per heavy atom. The van der Waals surface area contributed by atoms with Crippen LogP contribution in [0.3, 0.4) is 0 Å². The average Bonchev–Trinajstić information content (AvgIpc) is 3.72. The summed E-state index contributed by atoms with van der Waals surface area (Å²) in [4.78, 5) is 2.36. The molecule has 0 amide bonds. The number of rotatable bonds is 6. The van der Waals surface area contributed by atoms with Gasteiger partial charge in [0.05, 0.1) is 5.37 Å². The minimum Gasteiger partial charge on any atom is -0.789 e. The van der Waals surface area contributed by atoms with Crippen LogP contribution in [0.25, 0.3) is 5.32 Å². The van der Waals surface area contributed by atoms with Crippen LogP contribution in [-0.2, 0) is 51.8 Å². The van der Waals surface area contributed by atoms with E-state index in [2.05, 4.69) is 108 Å². The first kappa shape index (κ1) is 45.2. The van der Waals surface area contributed by atoms with E-state index in [9.17, 15) is 0 Å². The summed E-state index contributed by atoms with van der Waals surface area (Å²) >= 11 is 6.93. The number of thioether (sulfide) groups is 1. The van der Waals surface area contributed by atoms with Crippen molar-refractivity contribution in [2.75, 3.05) is 18.6 Å². The van der Waals surface area contributed by atoms with Gasteiger partial charge in [0.15, 0.2) is 0 Å². The number of fused-ring (bicyclic) bond motifs is 1. The summed E-state index contributed by atoms with van der Waals surface area (Å²) in [5.74, 6) is 5.03. The van der Waals surface area contributed by atoms with Crippen LogP contribution >= 0.6 is 11.8 Å². The van der Waals surface area contributed by atoms with Crippen LogP contribution in [0.5, 0.6) is 0 Å². The Labute approximate surface area is 308 Å². The summed E-state index contributed by atoms with van der Waals surface area (Å²) < 4.78 is 0. The topological polar surface area (TPSA) is 17.3 Å². The zero-order valence-corrected chi connectivity index (χ0v) is 33.0. The van der Waals surface area contributed by atoms with E-state index in [-0.39, 0.29) is 40.1 Å². The maximum absolute atomic E-state index is 4.92. The first-order chi connectivity index (χ1) is 20.2. The molecule has 5 rings (SSSR count). The Bertz CT molecular complexity index is 1090. The molecule has 1 aromatic rings. The van der Waals surface area contributed by atoms with Crippen molar-refractivity contribution in [1.29, 1.82) is 0 Å². The van der Waals surface area contributed by atoms with E-state index < -0.39 is 0 Å². The van der Waals surface area contributed by atoms with Crippen LogP contribution in [0.15, 0.2) is 91.5 Å². The molecule has 0 bridgehead atoms. The fourth-order valence-corrected chi connectivity index (χ4v) is 7.37. The second-order valence-corrected chi connectivity index (χ2v) is 12.8. The molecule has 2 aliphatic carbocycles. The number of benzene rings is 1. The minimum absolute atomic E-state index is 0. The quantitative estimate of drug-likeness (QED) is 0.216. The van der Waals surface area contributed by atoms with Crippen molar-refractivity contribution in [2.45, 2.75) is 99.3 Å². The van der Waals surface area contributed by atoms with E-state index in [1.807, 2.05) is 25.6 Å². The van der Waals surface area contributed by atoms with Crippen LogP contribution in [0.2, 0.25) is 0 Å². The molecule has 245 valence electrons. The monoisotopic (exact) mass is 711 g/mol. The van der Waals surface area contributed by atoms with Gasteiger partial charge in [0.2, 0.25) is 0 Å². The molecule has 5 atom stereocenters. The van der Waals surface area contributed by atoms with E-state index in [0.29, 0.717) is 23.0 Å². The Morgan fingerprint density at radius 1 is 1.14 bits per heavy atom. The molecule has 2 aliphatic heterocycles. The van der Waals surface area contributed by atoms with Crippen molar-refractivity contribution in [2.24, 2.45) is 17.8 Å². The van der Waals surface area contributed by atoms with Crippen molar-refractivity contribution in [1.82, 2.24) is 4.90 Å². The fourth-order valence-electron chi connectivity index (χ4n) is 5.73. The summed E-state index contributed by atoms with van der Waals surface area (Å²) in [6.45, 7) is 28.8. The number of allylic oxidation sites excluding steroid dienone is 4. The van der Waals surface area contributed by atoms with Crippen molar-refractivity contribution in [3.05, 3.63) is 113 Å². The van der Waals surface area contributed by atoms with Crippen LogP contribution in [0.1, 0.15) is 97.3 Å². The molecule has 0 spiro atoms. The summed E-state index contributed by atoms with van der Waals surface area (Å²) in [5, 5.41) is 4.12. The summed E-state index contributed by atoms with van der Waals surface area (Å²) in [7, 11) is 1.69. The van der Waals surface area contributed by atoms with E-state index in [1.54, 1.807) is 23.7 Å². The summed E-state index contributed by atoms with van der Waals surface area (Å²) in [6.07, 6.45) is 14.9. The Morgan fingerprint density at radius 2 is 1.75 bits per heavy atom. The summed E-state index contributed by atoms with van der Waals surface area (Å²) in [6, 6.07) is 7.22. The Hall–Kier alpha value is -0.936. The maximum atomic E-state index is 4.92. The predicted octanol–water partition coefficient (Wildman–Crippen LogP) is 11.9. The smallest absolute Gasteiger partial charge is 0.0876 e. The first-order valence-electron chi connectivity index (χ1n) is 15.7. The molecule has 0 N–H and O–H groups in total.